The average molecular weight is 348 g/mol. The number of hydrogen-bond acceptors (Lipinski definition) is 2. The van der Waals surface area contributed by atoms with Crippen LogP contribution in [0.1, 0.15) is 30.5 Å². The van der Waals surface area contributed by atoms with Crippen LogP contribution >= 0.6 is 23.2 Å². The van der Waals surface area contributed by atoms with Gasteiger partial charge in [0, 0.05) is 16.1 Å². The van der Waals surface area contributed by atoms with Gasteiger partial charge < -0.3 is 4.74 Å². The molecule has 0 fully saturated rings. The van der Waals surface area contributed by atoms with Crippen molar-refractivity contribution in [3.05, 3.63) is 63.1 Å². The standard InChI is InChI=1S/C19H19Cl2NO/c1-11-8-14-9-18(23-3)17(21)10-16(14)19(22-12(11)2)13-4-6-15(20)7-5-13/h4-7,9-12H,8H2,1-3H3/t11-,12?/m1/s1. The summed E-state index contributed by atoms with van der Waals surface area (Å²) < 4.78 is 5.38. The van der Waals surface area contributed by atoms with Gasteiger partial charge in [-0.15, -0.1) is 0 Å². The molecule has 1 aliphatic rings. The summed E-state index contributed by atoms with van der Waals surface area (Å²) in [7, 11) is 1.64. The lowest BCUT2D eigenvalue weighted by atomic mass is 9.92. The van der Waals surface area contributed by atoms with Crippen LogP contribution in [0.4, 0.5) is 0 Å². The number of methoxy groups -OCH3 is 1. The minimum atomic E-state index is 0.234. The summed E-state index contributed by atoms with van der Waals surface area (Å²) in [6, 6.07) is 12.0. The molecule has 0 aliphatic carbocycles. The van der Waals surface area contributed by atoms with Crippen LogP contribution in [-0.2, 0) is 6.42 Å². The molecule has 2 nitrogen and oxygen atoms in total. The van der Waals surface area contributed by atoms with E-state index >= 15 is 0 Å². The fourth-order valence-electron chi connectivity index (χ4n) is 2.90. The Bertz CT molecular complexity index is 753. The third-order valence-electron chi connectivity index (χ3n) is 4.45. The molecule has 1 unspecified atom stereocenters. The van der Waals surface area contributed by atoms with Gasteiger partial charge in [-0.25, -0.2) is 0 Å². The number of aliphatic imine (C=N–C) groups is 1. The second kappa shape index (κ2) is 6.54. The van der Waals surface area contributed by atoms with Crippen LogP contribution < -0.4 is 4.74 Å². The van der Waals surface area contributed by atoms with Crippen molar-refractivity contribution in [3.63, 3.8) is 0 Å². The molecule has 2 aromatic carbocycles. The molecule has 0 spiro atoms. The minimum absolute atomic E-state index is 0.234. The van der Waals surface area contributed by atoms with Gasteiger partial charge in [-0.1, -0.05) is 42.3 Å². The van der Waals surface area contributed by atoms with E-state index < -0.39 is 0 Å². The lowest BCUT2D eigenvalue weighted by Gasteiger charge is -2.14. The first-order valence-corrected chi connectivity index (χ1v) is 8.45. The molecule has 23 heavy (non-hydrogen) atoms. The molecule has 0 bridgehead atoms. The molecule has 0 radical (unpaired) electrons. The average Bonchev–Trinajstić information content (AvgIpc) is 2.65. The summed E-state index contributed by atoms with van der Waals surface area (Å²) in [6.45, 7) is 4.38. The van der Waals surface area contributed by atoms with Crippen molar-refractivity contribution in [2.24, 2.45) is 10.9 Å². The molecule has 4 heteroatoms. The van der Waals surface area contributed by atoms with Crippen molar-refractivity contribution < 1.29 is 4.74 Å². The maximum absolute atomic E-state index is 6.36. The molecule has 1 heterocycles. The first-order chi connectivity index (χ1) is 11.0. The van der Waals surface area contributed by atoms with Crippen LogP contribution in [0.3, 0.4) is 0 Å². The van der Waals surface area contributed by atoms with E-state index in [0.717, 1.165) is 28.3 Å². The summed E-state index contributed by atoms with van der Waals surface area (Å²) in [6.07, 6.45) is 0.949. The largest absolute Gasteiger partial charge is 0.495 e. The molecule has 0 N–H and O–H groups in total. The van der Waals surface area contributed by atoms with Crippen LogP contribution in [0.5, 0.6) is 5.75 Å². The highest BCUT2D eigenvalue weighted by Gasteiger charge is 2.24. The number of benzene rings is 2. The quantitative estimate of drug-likeness (QED) is 0.710. The topological polar surface area (TPSA) is 21.6 Å². The smallest absolute Gasteiger partial charge is 0.137 e. The number of nitrogens with zero attached hydrogens (tertiary/aromatic N) is 1. The molecule has 0 saturated carbocycles. The van der Waals surface area contributed by atoms with E-state index in [1.807, 2.05) is 36.4 Å². The van der Waals surface area contributed by atoms with Gasteiger partial charge in [-0.3, -0.25) is 4.99 Å². The number of hydrogen-bond donors (Lipinski definition) is 0. The second-order valence-electron chi connectivity index (χ2n) is 6.05. The maximum Gasteiger partial charge on any atom is 0.137 e. The molecule has 0 amide bonds. The minimum Gasteiger partial charge on any atom is -0.495 e. The monoisotopic (exact) mass is 347 g/mol. The van der Waals surface area contributed by atoms with Gasteiger partial charge >= 0.3 is 0 Å². The Hall–Kier alpha value is -1.51. The zero-order valence-corrected chi connectivity index (χ0v) is 14.9. The predicted octanol–water partition coefficient (Wildman–Crippen LogP) is 5.42. The molecule has 0 aromatic heterocycles. The maximum atomic E-state index is 6.36. The molecule has 2 aromatic rings. The highest BCUT2D eigenvalue weighted by Crippen LogP contribution is 2.34. The predicted molar refractivity (Wildman–Crippen MR) is 97.4 cm³/mol. The number of ether oxygens (including phenoxy) is 1. The summed E-state index contributed by atoms with van der Waals surface area (Å²) >= 11 is 12.4. The van der Waals surface area contributed by atoms with E-state index in [9.17, 15) is 0 Å². The molecule has 3 rings (SSSR count). The van der Waals surface area contributed by atoms with Gasteiger partial charge in [0.05, 0.1) is 23.9 Å². The Morgan fingerprint density at radius 3 is 2.43 bits per heavy atom. The second-order valence-corrected chi connectivity index (χ2v) is 6.89. The van der Waals surface area contributed by atoms with Gasteiger partial charge in [0.25, 0.3) is 0 Å². The number of fused-ring (bicyclic) bond motifs is 1. The zero-order valence-electron chi connectivity index (χ0n) is 13.4. The van der Waals surface area contributed by atoms with Gasteiger partial charge in [-0.2, -0.15) is 0 Å². The van der Waals surface area contributed by atoms with Crippen molar-refractivity contribution in [3.8, 4) is 5.75 Å². The Kier molecular flexibility index (Phi) is 4.65. The first kappa shape index (κ1) is 16.4. The van der Waals surface area contributed by atoms with E-state index in [2.05, 4.69) is 13.8 Å². The van der Waals surface area contributed by atoms with E-state index in [0.29, 0.717) is 16.7 Å². The third-order valence-corrected chi connectivity index (χ3v) is 5.00. The fourth-order valence-corrected chi connectivity index (χ4v) is 3.26. The summed E-state index contributed by atoms with van der Waals surface area (Å²) in [4.78, 5) is 4.97. The molecule has 1 aliphatic heterocycles. The van der Waals surface area contributed by atoms with Crippen LogP contribution in [0.25, 0.3) is 0 Å². The van der Waals surface area contributed by atoms with Crippen LogP contribution in [-0.4, -0.2) is 18.9 Å². The summed E-state index contributed by atoms with van der Waals surface area (Å²) in [5.74, 6) is 1.16. The Morgan fingerprint density at radius 2 is 1.78 bits per heavy atom. The number of rotatable bonds is 2. The lowest BCUT2D eigenvalue weighted by Crippen LogP contribution is -2.13. The fraction of sp³-hybridized carbons (Fsp3) is 0.316. The SMILES string of the molecule is COc1cc2c(cc1Cl)C(c1ccc(Cl)cc1)=NC(C)[C@H](C)C2. The Morgan fingerprint density at radius 1 is 1.09 bits per heavy atom. The van der Waals surface area contributed by atoms with Crippen LogP contribution in [0.2, 0.25) is 10.0 Å². The van der Waals surface area contributed by atoms with Crippen molar-refractivity contribution in [1.29, 1.82) is 0 Å². The molecule has 120 valence electrons. The van der Waals surface area contributed by atoms with Crippen LogP contribution in [0, 0.1) is 5.92 Å². The van der Waals surface area contributed by atoms with Gasteiger partial charge in [-0.05, 0) is 49.1 Å². The van der Waals surface area contributed by atoms with E-state index in [1.165, 1.54) is 5.56 Å². The zero-order chi connectivity index (χ0) is 16.6. The van der Waals surface area contributed by atoms with E-state index in [1.54, 1.807) is 7.11 Å². The molecular weight excluding hydrogens is 329 g/mol. The first-order valence-electron chi connectivity index (χ1n) is 7.70. The normalized spacial score (nSPS) is 20.5. The summed E-state index contributed by atoms with van der Waals surface area (Å²) in [5.41, 5.74) is 4.32. The van der Waals surface area contributed by atoms with Crippen molar-refractivity contribution in [2.75, 3.05) is 7.11 Å². The van der Waals surface area contributed by atoms with Crippen LogP contribution in [0.15, 0.2) is 41.4 Å². The van der Waals surface area contributed by atoms with Gasteiger partial charge in [0.15, 0.2) is 0 Å². The third kappa shape index (κ3) is 3.24. The van der Waals surface area contributed by atoms with E-state index in [-0.39, 0.29) is 6.04 Å². The van der Waals surface area contributed by atoms with E-state index in [4.69, 9.17) is 32.9 Å². The highest BCUT2D eigenvalue weighted by molar-refractivity contribution is 6.33. The number of halogens is 2. The molecular formula is C19H19Cl2NO. The van der Waals surface area contributed by atoms with Gasteiger partial charge in [0.1, 0.15) is 5.75 Å². The van der Waals surface area contributed by atoms with Gasteiger partial charge in [0.2, 0.25) is 0 Å². The Balaban J connectivity index is 2.20. The van der Waals surface area contributed by atoms with Crippen molar-refractivity contribution >= 4 is 28.9 Å². The summed E-state index contributed by atoms with van der Waals surface area (Å²) in [5, 5.41) is 1.33. The molecule has 0 saturated heterocycles. The Labute approximate surface area is 147 Å². The van der Waals surface area contributed by atoms with Crippen molar-refractivity contribution in [2.45, 2.75) is 26.3 Å². The van der Waals surface area contributed by atoms with Crippen molar-refractivity contribution in [1.82, 2.24) is 0 Å². The lowest BCUT2D eigenvalue weighted by molar-refractivity contribution is 0.413. The molecule has 2 atom stereocenters. The highest BCUT2D eigenvalue weighted by atomic mass is 35.5.